The van der Waals surface area contributed by atoms with Gasteiger partial charge in [-0.15, -0.1) is 0 Å². The standard InChI is InChI=1S/C19H22F2N2O/c1-4-12-22(3)15-8-6-14(7-9-15)19(24)23(5-2)16-10-11-17(20)18(21)13-16/h6-11,13H,4-5,12H2,1-3H3. The summed E-state index contributed by atoms with van der Waals surface area (Å²) in [5.41, 5.74) is 1.88. The van der Waals surface area contributed by atoms with Crippen LogP contribution in [0.1, 0.15) is 30.6 Å². The van der Waals surface area contributed by atoms with Crippen LogP contribution in [0.15, 0.2) is 42.5 Å². The van der Waals surface area contributed by atoms with Crippen molar-refractivity contribution >= 4 is 17.3 Å². The second-order valence-corrected chi connectivity index (χ2v) is 5.62. The zero-order valence-corrected chi connectivity index (χ0v) is 14.2. The molecule has 0 aliphatic heterocycles. The number of amides is 1. The van der Waals surface area contributed by atoms with Crippen molar-refractivity contribution in [3.63, 3.8) is 0 Å². The van der Waals surface area contributed by atoms with Gasteiger partial charge < -0.3 is 9.80 Å². The molecule has 128 valence electrons. The summed E-state index contributed by atoms with van der Waals surface area (Å²) in [6.07, 6.45) is 1.04. The predicted molar refractivity (Wildman–Crippen MR) is 93.7 cm³/mol. The lowest BCUT2D eigenvalue weighted by Crippen LogP contribution is -2.30. The van der Waals surface area contributed by atoms with Gasteiger partial charge in [0.05, 0.1) is 0 Å². The number of carbonyl (C=O) groups excluding carboxylic acids is 1. The maximum Gasteiger partial charge on any atom is 0.258 e. The molecule has 0 aliphatic carbocycles. The maximum absolute atomic E-state index is 13.4. The normalized spacial score (nSPS) is 10.5. The van der Waals surface area contributed by atoms with E-state index in [0.717, 1.165) is 30.8 Å². The zero-order chi connectivity index (χ0) is 17.7. The summed E-state index contributed by atoms with van der Waals surface area (Å²) in [6.45, 7) is 5.20. The predicted octanol–water partition coefficient (Wildman–Crippen LogP) is 4.48. The summed E-state index contributed by atoms with van der Waals surface area (Å²) in [5.74, 6) is -2.13. The fourth-order valence-corrected chi connectivity index (χ4v) is 2.58. The van der Waals surface area contributed by atoms with Crippen molar-refractivity contribution in [1.29, 1.82) is 0 Å². The zero-order valence-electron chi connectivity index (χ0n) is 14.2. The molecule has 5 heteroatoms. The molecule has 2 rings (SSSR count). The van der Waals surface area contributed by atoms with Crippen LogP contribution in [0, 0.1) is 11.6 Å². The Balaban J connectivity index is 2.23. The van der Waals surface area contributed by atoms with E-state index < -0.39 is 11.6 Å². The Hall–Kier alpha value is -2.43. The highest BCUT2D eigenvalue weighted by atomic mass is 19.2. The molecule has 3 nitrogen and oxygen atoms in total. The number of hydrogen-bond donors (Lipinski definition) is 0. The molecule has 24 heavy (non-hydrogen) atoms. The van der Waals surface area contributed by atoms with E-state index in [-0.39, 0.29) is 5.91 Å². The molecule has 2 aromatic rings. The Morgan fingerprint density at radius 3 is 2.12 bits per heavy atom. The van der Waals surface area contributed by atoms with Crippen molar-refractivity contribution < 1.29 is 13.6 Å². The Bertz CT molecular complexity index is 701. The SMILES string of the molecule is CCCN(C)c1ccc(C(=O)N(CC)c2ccc(F)c(F)c2)cc1. The smallest absolute Gasteiger partial charge is 0.258 e. The number of halogens is 2. The maximum atomic E-state index is 13.4. The Morgan fingerprint density at radius 1 is 0.958 bits per heavy atom. The van der Waals surface area contributed by atoms with Gasteiger partial charge in [0, 0.05) is 43.1 Å². The monoisotopic (exact) mass is 332 g/mol. The molecule has 0 spiro atoms. The second-order valence-electron chi connectivity index (χ2n) is 5.62. The highest BCUT2D eigenvalue weighted by Gasteiger charge is 2.17. The van der Waals surface area contributed by atoms with Gasteiger partial charge in [0.25, 0.3) is 5.91 Å². The molecule has 0 atom stereocenters. The van der Waals surface area contributed by atoms with E-state index in [4.69, 9.17) is 0 Å². The number of anilines is 2. The first-order chi connectivity index (χ1) is 11.5. The van der Waals surface area contributed by atoms with Gasteiger partial charge in [-0.1, -0.05) is 6.92 Å². The van der Waals surface area contributed by atoms with Gasteiger partial charge in [-0.3, -0.25) is 4.79 Å². The molecule has 0 heterocycles. The van der Waals surface area contributed by atoms with Crippen molar-refractivity contribution in [2.24, 2.45) is 0 Å². The highest BCUT2D eigenvalue weighted by molar-refractivity contribution is 6.06. The fourth-order valence-electron chi connectivity index (χ4n) is 2.58. The molecule has 0 fully saturated rings. The Labute approximate surface area is 141 Å². The largest absolute Gasteiger partial charge is 0.375 e. The lowest BCUT2D eigenvalue weighted by Gasteiger charge is -2.22. The summed E-state index contributed by atoms with van der Waals surface area (Å²) < 4.78 is 26.5. The fraction of sp³-hybridized carbons (Fsp3) is 0.316. The molecule has 0 saturated carbocycles. The number of nitrogens with zero attached hydrogens (tertiary/aromatic N) is 2. The number of carbonyl (C=O) groups is 1. The average molecular weight is 332 g/mol. The molecule has 1 amide bonds. The van der Waals surface area contributed by atoms with Crippen molar-refractivity contribution in [2.75, 3.05) is 29.9 Å². The molecule has 0 saturated heterocycles. The third-order valence-electron chi connectivity index (χ3n) is 3.89. The number of rotatable bonds is 6. The first-order valence-electron chi connectivity index (χ1n) is 8.06. The second kappa shape index (κ2) is 7.90. The summed E-state index contributed by atoms with van der Waals surface area (Å²) in [4.78, 5) is 16.2. The summed E-state index contributed by atoms with van der Waals surface area (Å²) in [7, 11) is 2.00. The van der Waals surface area contributed by atoms with E-state index in [0.29, 0.717) is 17.8 Å². The van der Waals surface area contributed by atoms with Crippen LogP contribution in [0.4, 0.5) is 20.2 Å². The third kappa shape index (κ3) is 3.91. The van der Waals surface area contributed by atoms with E-state index in [9.17, 15) is 13.6 Å². The van der Waals surface area contributed by atoms with Crippen LogP contribution in [0.5, 0.6) is 0 Å². The highest BCUT2D eigenvalue weighted by Crippen LogP contribution is 2.21. The lowest BCUT2D eigenvalue weighted by atomic mass is 10.1. The van der Waals surface area contributed by atoms with Crippen LogP contribution < -0.4 is 9.80 Å². The van der Waals surface area contributed by atoms with Gasteiger partial charge in [-0.2, -0.15) is 0 Å². The van der Waals surface area contributed by atoms with Crippen molar-refractivity contribution in [3.05, 3.63) is 59.7 Å². The van der Waals surface area contributed by atoms with E-state index in [1.807, 2.05) is 19.2 Å². The molecule has 0 aliphatic rings. The molecule has 0 radical (unpaired) electrons. The van der Waals surface area contributed by atoms with Crippen molar-refractivity contribution in [3.8, 4) is 0 Å². The van der Waals surface area contributed by atoms with E-state index in [1.54, 1.807) is 19.1 Å². The van der Waals surface area contributed by atoms with E-state index in [1.165, 1.54) is 11.0 Å². The molecule has 0 bridgehead atoms. The Morgan fingerprint density at radius 2 is 1.58 bits per heavy atom. The molecule has 2 aromatic carbocycles. The van der Waals surface area contributed by atoms with Crippen LogP contribution in [0.2, 0.25) is 0 Å². The van der Waals surface area contributed by atoms with E-state index >= 15 is 0 Å². The molecule has 0 N–H and O–H groups in total. The van der Waals surface area contributed by atoms with Crippen LogP contribution in [0.25, 0.3) is 0 Å². The summed E-state index contributed by atoms with van der Waals surface area (Å²) >= 11 is 0. The van der Waals surface area contributed by atoms with Gasteiger partial charge in [-0.25, -0.2) is 8.78 Å². The van der Waals surface area contributed by atoms with Gasteiger partial charge in [0.15, 0.2) is 11.6 Å². The minimum atomic E-state index is -0.963. The number of hydrogen-bond acceptors (Lipinski definition) is 2. The molecular formula is C19H22F2N2O. The van der Waals surface area contributed by atoms with Gasteiger partial charge >= 0.3 is 0 Å². The summed E-state index contributed by atoms with van der Waals surface area (Å²) in [5, 5.41) is 0. The van der Waals surface area contributed by atoms with Crippen LogP contribution in [0.3, 0.4) is 0 Å². The minimum absolute atomic E-state index is 0.242. The van der Waals surface area contributed by atoms with Crippen LogP contribution >= 0.6 is 0 Å². The van der Waals surface area contributed by atoms with Crippen molar-refractivity contribution in [2.45, 2.75) is 20.3 Å². The van der Waals surface area contributed by atoms with Crippen LogP contribution in [-0.4, -0.2) is 26.0 Å². The summed E-state index contributed by atoms with van der Waals surface area (Å²) in [6, 6.07) is 10.8. The number of benzene rings is 2. The van der Waals surface area contributed by atoms with Crippen LogP contribution in [-0.2, 0) is 0 Å². The first-order valence-corrected chi connectivity index (χ1v) is 8.06. The van der Waals surface area contributed by atoms with E-state index in [2.05, 4.69) is 11.8 Å². The van der Waals surface area contributed by atoms with Gasteiger partial charge in [0.2, 0.25) is 0 Å². The minimum Gasteiger partial charge on any atom is -0.375 e. The third-order valence-corrected chi connectivity index (χ3v) is 3.89. The molecule has 0 aromatic heterocycles. The lowest BCUT2D eigenvalue weighted by molar-refractivity contribution is 0.0988. The first kappa shape index (κ1) is 17.9. The Kier molecular flexibility index (Phi) is 5.90. The average Bonchev–Trinajstić information content (AvgIpc) is 2.59. The molecule has 0 unspecified atom stereocenters. The molecular weight excluding hydrogens is 310 g/mol. The van der Waals surface area contributed by atoms with Gasteiger partial charge in [-0.05, 0) is 49.7 Å². The van der Waals surface area contributed by atoms with Gasteiger partial charge in [0.1, 0.15) is 0 Å². The van der Waals surface area contributed by atoms with Crippen molar-refractivity contribution in [1.82, 2.24) is 0 Å². The topological polar surface area (TPSA) is 23.6 Å². The quantitative estimate of drug-likeness (QED) is 0.779.